The van der Waals surface area contributed by atoms with Gasteiger partial charge in [0, 0.05) is 27.9 Å². The van der Waals surface area contributed by atoms with Crippen molar-refractivity contribution in [2.75, 3.05) is 16.4 Å². The van der Waals surface area contributed by atoms with Crippen LogP contribution in [0.15, 0.2) is 94.6 Å². The number of carbonyl (C=O) groups excluding carboxylic acids is 2. The minimum absolute atomic E-state index is 0.148. The fourth-order valence-electron chi connectivity index (χ4n) is 3.22. The molecule has 3 aromatic carbocycles. The molecular weight excluding hydrogens is 448 g/mol. The largest absolute Gasteiger partial charge is 0.325 e. The molecule has 0 unspecified atom stereocenters. The lowest BCUT2D eigenvalue weighted by atomic mass is 10.1. The quantitative estimate of drug-likeness (QED) is 0.339. The molecule has 1 heterocycles. The van der Waals surface area contributed by atoms with Crippen LogP contribution in [0.5, 0.6) is 0 Å². The number of nitrogens with zero attached hydrogens (tertiary/aromatic N) is 1. The SMILES string of the molecule is Cc1ccc(NC(=O)CSc2ccccc2C(=O)Nc2cccc(-c3ccc(=O)[nH]n3)c2)cc1. The van der Waals surface area contributed by atoms with E-state index in [2.05, 4.69) is 20.8 Å². The molecule has 0 aliphatic rings. The summed E-state index contributed by atoms with van der Waals surface area (Å²) in [5.41, 5.74) is 3.98. The highest BCUT2D eigenvalue weighted by Gasteiger charge is 2.14. The molecule has 1 aromatic heterocycles. The number of aromatic amines is 1. The zero-order valence-electron chi connectivity index (χ0n) is 18.4. The van der Waals surface area contributed by atoms with Crippen molar-refractivity contribution in [2.45, 2.75) is 11.8 Å². The van der Waals surface area contributed by atoms with Crippen LogP contribution < -0.4 is 16.2 Å². The Balaban J connectivity index is 1.43. The van der Waals surface area contributed by atoms with E-state index in [9.17, 15) is 14.4 Å². The maximum Gasteiger partial charge on any atom is 0.264 e. The van der Waals surface area contributed by atoms with Gasteiger partial charge in [0.1, 0.15) is 0 Å². The Morgan fingerprint density at radius 1 is 0.882 bits per heavy atom. The number of rotatable bonds is 7. The van der Waals surface area contributed by atoms with Gasteiger partial charge in [-0.3, -0.25) is 14.4 Å². The van der Waals surface area contributed by atoms with Crippen molar-refractivity contribution in [3.63, 3.8) is 0 Å². The maximum atomic E-state index is 13.0. The summed E-state index contributed by atoms with van der Waals surface area (Å²) >= 11 is 1.30. The number of aromatic nitrogens is 2. The molecule has 0 saturated heterocycles. The third-order valence-electron chi connectivity index (χ3n) is 4.92. The number of thioether (sulfide) groups is 1. The first-order chi connectivity index (χ1) is 16.5. The Morgan fingerprint density at radius 3 is 2.44 bits per heavy atom. The van der Waals surface area contributed by atoms with Gasteiger partial charge in [0.15, 0.2) is 0 Å². The Labute approximate surface area is 200 Å². The molecule has 0 spiro atoms. The molecule has 0 aliphatic heterocycles. The van der Waals surface area contributed by atoms with Gasteiger partial charge in [0.05, 0.1) is 17.0 Å². The Hall–Kier alpha value is -4.17. The van der Waals surface area contributed by atoms with Crippen molar-refractivity contribution in [1.29, 1.82) is 0 Å². The third kappa shape index (κ3) is 5.99. The summed E-state index contributed by atoms with van der Waals surface area (Å²) in [6, 6.07) is 25.0. The van der Waals surface area contributed by atoms with Gasteiger partial charge >= 0.3 is 0 Å². The molecule has 4 aromatic rings. The fraction of sp³-hybridized carbons (Fsp3) is 0.0769. The summed E-state index contributed by atoms with van der Waals surface area (Å²) < 4.78 is 0. The highest BCUT2D eigenvalue weighted by molar-refractivity contribution is 8.00. The first-order valence-electron chi connectivity index (χ1n) is 10.5. The van der Waals surface area contributed by atoms with Crippen LogP contribution in [0.4, 0.5) is 11.4 Å². The predicted molar refractivity (Wildman–Crippen MR) is 135 cm³/mol. The molecule has 0 radical (unpaired) electrons. The Morgan fingerprint density at radius 2 is 1.68 bits per heavy atom. The van der Waals surface area contributed by atoms with Crippen LogP contribution in [0.3, 0.4) is 0 Å². The van der Waals surface area contributed by atoms with Gasteiger partial charge in [-0.05, 0) is 49.4 Å². The van der Waals surface area contributed by atoms with Crippen molar-refractivity contribution in [3.8, 4) is 11.3 Å². The topological polar surface area (TPSA) is 104 Å². The number of amides is 2. The zero-order valence-corrected chi connectivity index (χ0v) is 19.2. The molecule has 170 valence electrons. The van der Waals surface area contributed by atoms with Crippen LogP contribution in [0, 0.1) is 6.92 Å². The number of anilines is 2. The molecule has 0 aliphatic carbocycles. The van der Waals surface area contributed by atoms with Gasteiger partial charge in [-0.1, -0.05) is 42.0 Å². The van der Waals surface area contributed by atoms with Gasteiger partial charge in [-0.25, -0.2) is 5.10 Å². The second-order valence-electron chi connectivity index (χ2n) is 7.54. The van der Waals surface area contributed by atoms with E-state index in [0.29, 0.717) is 21.8 Å². The summed E-state index contributed by atoms with van der Waals surface area (Å²) in [6.45, 7) is 1.99. The molecule has 4 rings (SSSR count). The molecule has 2 amide bonds. The number of hydrogen-bond acceptors (Lipinski definition) is 5. The lowest BCUT2D eigenvalue weighted by Gasteiger charge is -2.11. The zero-order chi connectivity index (χ0) is 23.9. The van der Waals surface area contributed by atoms with Gasteiger partial charge in [-0.2, -0.15) is 5.10 Å². The van der Waals surface area contributed by atoms with Gasteiger partial charge in [0.25, 0.3) is 11.5 Å². The van der Waals surface area contributed by atoms with Crippen molar-refractivity contribution in [3.05, 3.63) is 106 Å². The first kappa shape index (κ1) is 23.0. The second-order valence-corrected chi connectivity index (χ2v) is 8.56. The number of benzene rings is 3. The first-order valence-corrected chi connectivity index (χ1v) is 11.5. The van der Waals surface area contributed by atoms with Crippen LogP contribution in [0.1, 0.15) is 15.9 Å². The van der Waals surface area contributed by atoms with Crippen LogP contribution in [0.25, 0.3) is 11.3 Å². The third-order valence-corrected chi connectivity index (χ3v) is 5.99. The van der Waals surface area contributed by atoms with Gasteiger partial charge in [-0.15, -0.1) is 11.8 Å². The second kappa shape index (κ2) is 10.6. The smallest absolute Gasteiger partial charge is 0.264 e. The Kier molecular flexibility index (Phi) is 7.19. The highest BCUT2D eigenvalue weighted by Crippen LogP contribution is 2.25. The predicted octanol–water partition coefficient (Wildman–Crippen LogP) is 4.73. The number of hydrogen-bond donors (Lipinski definition) is 3. The van der Waals surface area contributed by atoms with E-state index in [4.69, 9.17) is 0 Å². The number of aryl methyl sites for hydroxylation is 1. The van der Waals surface area contributed by atoms with Crippen LogP contribution in [-0.4, -0.2) is 27.8 Å². The number of carbonyl (C=O) groups is 2. The van der Waals surface area contributed by atoms with Crippen molar-refractivity contribution < 1.29 is 9.59 Å². The lowest BCUT2D eigenvalue weighted by molar-refractivity contribution is -0.113. The summed E-state index contributed by atoms with van der Waals surface area (Å²) in [5.74, 6) is -0.260. The van der Waals surface area contributed by atoms with E-state index in [1.807, 2.05) is 49.4 Å². The van der Waals surface area contributed by atoms with E-state index >= 15 is 0 Å². The molecule has 34 heavy (non-hydrogen) atoms. The summed E-state index contributed by atoms with van der Waals surface area (Å²) in [7, 11) is 0. The maximum absolute atomic E-state index is 13.0. The van der Waals surface area contributed by atoms with E-state index in [0.717, 1.165) is 16.8 Å². The van der Waals surface area contributed by atoms with Gasteiger partial charge in [0.2, 0.25) is 5.91 Å². The summed E-state index contributed by atoms with van der Waals surface area (Å²) in [5, 5.41) is 12.2. The monoisotopic (exact) mass is 470 g/mol. The minimum Gasteiger partial charge on any atom is -0.325 e. The normalized spacial score (nSPS) is 10.5. The summed E-state index contributed by atoms with van der Waals surface area (Å²) in [6.07, 6.45) is 0. The number of H-pyrrole nitrogens is 1. The molecule has 7 nitrogen and oxygen atoms in total. The summed E-state index contributed by atoms with van der Waals surface area (Å²) in [4.78, 5) is 37.3. The molecule has 8 heteroatoms. The molecular formula is C26H22N4O3S. The molecule has 0 bridgehead atoms. The molecule has 0 fully saturated rings. The highest BCUT2D eigenvalue weighted by atomic mass is 32.2. The van der Waals surface area contributed by atoms with Crippen LogP contribution in [0.2, 0.25) is 0 Å². The Bertz CT molecular complexity index is 1360. The van der Waals surface area contributed by atoms with Crippen molar-refractivity contribution >= 4 is 35.0 Å². The van der Waals surface area contributed by atoms with E-state index in [1.165, 1.54) is 17.8 Å². The molecule has 0 saturated carbocycles. The molecule has 3 N–H and O–H groups in total. The van der Waals surface area contributed by atoms with Crippen LogP contribution in [-0.2, 0) is 4.79 Å². The van der Waals surface area contributed by atoms with Gasteiger partial charge < -0.3 is 10.6 Å². The average Bonchev–Trinajstić information content (AvgIpc) is 2.85. The van der Waals surface area contributed by atoms with E-state index < -0.39 is 0 Å². The standard InChI is InChI=1S/C26H22N4O3S/c1-17-9-11-19(12-10-17)27-25(32)16-34-23-8-3-2-7-21(23)26(33)28-20-6-4-5-18(15-20)22-13-14-24(31)30-29-22/h2-15H,16H2,1H3,(H,27,32)(H,28,33)(H,30,31). The number of nitrogens with one attached hydrogen (secondary N) is 3. The van der Waals surface area contributed by atoms with Crippen molar-refractivity contribution in [1.82, 2.24) is 10.2 Å². The van der Waals surface area contributed by atoms with Crippen molar-refractivity contribution in [2.24, 2.45) is 0 Å². The lowest BCUT2D eigenvalue weighted by Crippen LogP contribution is -2.16. The molecule has 0 atom stereocenters. The average molecular weight is 471 g/mol. The minimum atomic E-state index is -0.284. The van der Waals surface area contributed by atoms with E-state index in [-0.39, 0.29) is 23.1 Å². The van der Waals surface area contributed by atoms with E-state index in [1.54, 1.807) is 36.4 Å². The fourth-order valence-corrected chi connectivity index (χ4v) is 4.07. The van der Waals surface area contributed by atoms with Crippen LogP contribution >= 0.6 is 11.8 Å².